The van der Waals surface area contributed by atoms with Crippen LogP contribution in [0.1, 0.15) is 36.0 Å². The molecule has 4 heteroatoms. The molecule has 0 amide bonds. The highest BCUT2D eigenvalue weighted by Crippen LogP contribution is 2.14. The molecule has 2 rings (SSSR count). The highest BCUT2D eigenvalue weighted by Gasteiger charge is 2.17. The number of esters is 1. The van der Waals surface area contributed by atoms with Crippen LogP contribution in [0, 0.1) is 0 Å². The molecule has 0 fully saturated rings. The molecule has 0 unspecified atom stereocenters. The van der Waals surface area contributed by atoms with Gasteiger partial charge in [0.2, 0.25) is 0 Å². The Kier molecular flexibility index (Phi) is 4.82. The van der Waals surface area contributed by atoms with Gasteiger partial charge in [0.25, 0.3) is 0 Å². The van der Waals surface area contributed by atoms with E-state index in [0.717, 1.165) is 12.8 Å². The first-order valence-corrected chi connectivity index (χ1v) is 6.63. The van der Waals surface area contributed by atoms with Gasteiger partial charge in [-0.25, -0.2) is 0 Å². The Morgan fingerprint density at radius 1 is 1.15 bits per heavy atom. The van der Waals surface area contributed by atoms with Gasteiger partial charge < -0.3 is 4.74 Å². The van der Waals surface area contributed by atoms with Crippen molar-refractivity contribution in [2.45, 2.75) is 25.7 Å². The minimum atomic E-state index is -0.599. The van der Waals surface area contributed by atoms with E-state index in [1.165, 1.54) is 0 Å². The molecule has 1 aromatic carbocycles. The highest BCUT2D eigenvalue weighted by molar-refractivity contribution is 6.06. The fourth-order valence-electron chi connectivity index (χ4n) is 2.02. The quantitative estimate of drug-likeness (QED) is 0.469. The molecular formula is C16H16O4. The van der Waals surface area contributed by atoms with Gasteiger partial charge in [-0.2, -0.15) is 0 Å². The molecule has 0 atom stereocenters. The van der Waals surface area contributed by atoms with Crippen LogP contribution < -0.4 is 0 Å². The lowest BCUT2D eigenvalue weighted by Crippen LogP contribution is -2.17. The van der Waals surface area contributed by atoms with E-state index in [9.17, 15) is 14.4 Å². The van der Waals surface area contributed by atoms with Gasteiger partial charge in [0.15, 0.2) is 11.6 Å². The Morgan fingerprint density at radius 3 is 2.60 bits per heavy atom. The number of hydrogen-bond acceptors (Lipinski definition) is 4. The first-order chi connectivity index (χ1) is 9.66. The zero-order chi connectivity index (χ0) is 14.4. The number of benzene rings is 1. The van der Waals surface area contributed by atoms with Crippen molar-refractivity contribution >= 4 is 17.5 Å². The van der Waals surface area contributed by atoms with Gasteiger partial charge in [-0.3, -0.25) is 14.4 Å². The number of carbonyl (C=O) groups excluding carboxylic acids is 3. The topological polar surface area (TPSA) is 60.4 Å². The molecule has 1 aromatic rings. The van der Waals surface area contributed by atoms with Crippen LogP contribution in [0.4, 0.5) is 0 Å². The lowest BCUT2D eigenvalue weighted by molar-refractivity contribution is -0.141. The summed E-state index contributed by atoms with van der Waals surface area (Å²) in [5.74, 6) is -0.851. The van der Waals surface area contributed by atoms with Gasteiger partial charge in [-0.15, -0.1) is 0 Å². The number of allylic oxidation sites excluding steroid dienone is 1. The second-order valence-corrected chi connectivity index (χ2v) is 4.67. The molecule has 0 saturated carbocycles. The second kappa shape index (κ2) is 6.80. The van der Waals surface area contributed by atoms with Crippen LogP contribution in [0.3, 0.4) is 0 Å². The molecule has 0 aromatic heterocycles. The summed E-state index contributed by atoms with van der Waals surface area (Å²) in [5.41, 5.74) is 1.02. The maximum atomic E-state index is 11.8. The molecule has 0 spiro atoms. The number of rotatable bonds is 5. The number of hydrogen-bond donors (Lipinski definition) is 0. The van der Waals surface area contributed by atoms with E-state index in [0.29, 0.717) is 17.6 Å². The standard InChI is InChI=1S/C16H16O4/c17-14-9-5-4-8-13(14)11-20-16(19)10-15(18)12-6-2-1-3-7-12/h1-3,6-8H,4-5,9-11H2. The zero-order valence-electron chi connectivity index (χ0n) is 11.1. The Hall–Kier alpha value is -2.23. The summed E-state index contributed by atoms with van der Waals surface area (Å²) in [5, 5.41) is 0. The Morgan fingerprint density at radius 2 is 1.90 bits per heavy atom. The zero-order valence-corrected chi connectivity index (χ0v) is 11.1. The monoisotopic (exact) mass is 272 g/mol. The van der Waals surface area contributed by atoms with Crippen molar-refractivity contribution in [2.24, 2.45) is 0 Å². The summed E-state index contributed by atoms with van der Waals surface area (Å²) in [6.07, 6.45) is 3.69. The van der Waals surface area contributed by atoms with Crippen molar-refractivity contribution in [1.29, 1.82) is 0 Å². The Bertz CT molecular complexity index is 543. The molecule has 0 saturated heterocycles. The lowest BCUT2D eigenvalue weighted by atomic mass is 9.99. The predicted octanol–water partition coefficient (Wildman–Crippen LogP) is 2.48. The van der Waals surface area contributed by atoms with Gasteiger partial charge in [0.1, 0.15) is 13.0 Å². The predicted molar refractivity (Wildman–Crippen MR) is 73.3 cm³/mol. The highest BCUT2D eigenvalue weighted by atomic mass is 16.5. The minimum absolute atomic E-state index is 0.0263. The fourth-order valence-corrected chi connectivity index (χ4v) is 2.02. The smallest absolute Gasteiger partial charge is 0.314 e. The van der Waals surface area contributed by atoms with Gasteiger partial charge in [0, 0.05) is 17.6 Å². The van der Waals surface area contributed by atoms with Crippen LogP contribution in [0.25, 0.3) is 0 Å². The van der Waals surface area contributed by atoms with Crippen LogP contribution in [0.5, 0.6) is 0 Å². The van der Waals surface area contributed by atoms with Crippen molar-refractivity contribution in [3.63, 3.8) is 0 Å². The third-order valence-corrected chi connectivity index (χ3v) is 3.15. The van der Waals surface area contributed by atoms with E-state index in [4.69, 9.17) is 4.74 Å². The molecule has 0 heterocycles. The van der Waals surface area contributed by atoms with Crippen molar-refractivity contribution in [2.75, 3.05) is 6.61 Å². The first-order valence-electron chi connectivity index (χ1n) is 6.63. The van der Waals surface area contributed by atoms with Crippen LogP contribution >= 0.6 is 0 Å². The molecule has 4 nitrogen and oxygen atoms in total. The van der Waals surface area contributed by atoms with Crippen LogP contribution in [0.2, 0.25) is 0 Å². The summed E-state index contributed by atoms with van der Waals surface area (Å²) in [6, 6.07) is 8.59. The average Bonchev–Trinajstić information content (AvgIpc) is 2.47. The number of Topliss-reactive ketones (excluding diaryl/α,β-unsaturated/α-hetero) is 2. The molecule has 0 N–H and O–H groups in total. The van der Waals surface area contributed by atoms with E-state index in [-0.39, 0.29) is 24.6 Å². The van der Waals surface area contributed by atoms with Gasteiger partial charge in [-0.1, -0.05) is 36.4 Å². The SMILES string of the molecule is O=C(CC(=O)c1ccccc1)OCC1=CCCCC1=O. The summed E-state index contributed by atoms with van der Waals surface area (Å²) in [7, 11) is 0. The summed E-state index contributed by atoms with van der Waals surface area (Å²) in [6.45, 7) is -0.0280. The number of ketones is 2. The summed E-state index contributed by atoms with van der Waals surface area (Å²) >= 11 is 0. The van der Waals surface area contributed by atoms with Crippen LogP contribution in [-0.2, 0) is 14.3 Å². The third-order valence-electron chi connectivity index (χ3n) is 3.15. The largest absolute Gasteiger partial charge is 0.460 e. The van der Waals surface area contributed by atoms with Crippen molar-refractivity contribution in [1.82, 2.24) is 0 Å². The van der Waals surface area contributed by atoms with Crippen LogP contribution in [0.15, 0.2) is 42.0 Å². The molecular weight excluding hydrogens is 256 g/mol. The molecule has 0 aliphatic heterocycles. The minimum Gasteiger partial charge on any atom is -0.460 e. The molecule has 20 heavy (non-hydrogen) atoms. The molecule has 104 valence electrons. The number of ether oxygens (including phenoxy) is 1. The Labute approximate surface area is 117 Å². The van der Waals surface area contributed by atoms with Gasteiger partial charge in [0.05, 0.1) is 0 Å². The van der Waals surface area contributed by atoms with Crippen molar-refractivity contribution in [3.05, 3.63) is 47.5 Å². The van der Waals surface area contributed by atoms with Crippen LogP contribution in [-0.4, -0.2) is 24.1 Å². The van der Waals surface area contributed by atoms with Gasteiger partial charge >= 0.3 is 5.97 Å². The molecule has 0 bridgehead atoms. The lowest BCUT2D eigenvalue weighted by Gasteiger charge is -2.11. The van der Waals surface area contributed by atoms with E-state index in [2.05, 4.69) is 0 Å². The second-order valence-electron chi connectivity index (χ2n) is 4.67. The van der Waals surface area contributed by atoms with Crippen molar-refractivity contribution in [3.8, 4) is 0 Å². The van der Waals surface area contributed by atoms with E-state index in [1.807, 2.05) is 0 Å². The maximum Gasteiger partial charge on any atom is 0.314 e. The van der Waals surface area contributed by atoms with E-state index >= 15 is 0 Å². The third kappa shape index (κ3) is 3.88. The first kappa shape index (κ1) is 14.2. The molecule has 1 aliphatic rings. The number of carbonyl (C=O) groups is 3. The average molecular weight is 272 g/mol. The van der Waals surface area contributed by atoms with E-state index in [1.54, 1.807) is 36.4 Å². The van der Waals surface area contributed by atoms with Gasteiger partial charge in [-0.05, 0) is 12.8 Å². The maximum absolute atomic E-state index is 11.8. The summed E-state index contributed by atoms with van der Waals surface area (Å²) < 4.78 is 5.00. The summed E-state index contributed by atoms with van der Waals surface area (Å²) in [4.78, 5) is 34.9. The molecule has 0 radical (unpaired) electrons. The normalized spacial score (nSPS) is 14.6. The fraction of sp³-hybridized carbons (Fsp3) is 0.312. The van der Waals surface area contributed by atoms with E-state index < -0.39 is 5.97 Å². The van der Waals surface area contributed by atoms with Crippen molar-refractivity contribution < 1.29 is 19.1 Å². The Balaban J connectivity index is 1.82. The molecule has 1 aliphatic carbocycles.